The predicted molar refractivity (Wildman–Crippen MR) is 125 cm³/mol. The number of thiazole rings is 1. The monoisotopic (exact) mass is 444 g/mol. The van der Waals surface area contributed by atoms with Gasteiger partial charge in [-0.2, -0.15) is 0 Å². The summed E-state index contributed by atoms with van der Waals surface area (Å²) in [7, 11) is 1.63. The first-order valence-electron chi connectivity index (χ1n) is 10.1. The van der Waals surface area contributed by atoms with E-state index in [1.54, 1.807) is 13.3 Å². The standard InChI is InChI=1S/C24H20N4O3S/c1-30-16-8-6-15(7-9-16)21-13-26-23(31-21)11-10-22(29)28-24-27-20(14-32-24)18-12-25-19-5-3-2-4-17(18)19/h2-9,12-14,25H,10-11H2,1H3,(H,27,28,29). The summed E-state index contributed by atoms with van der Waals surface area (Å²) < 4.78 is 11.0. The molecule has 0 aliphatic rings. The minimum Gasteiger partial charge on any atom is -0.497 e. The van der Waals surface area contributed by atoms with E-state index in [1.807, 2.05) is 54.0 Å². The maximum Gasteiger partial charge on any atom is 0.226 e. The van der Waals surface area contributed by atoms with Crippen molar-refractivity contribution in [3.8, 4) is 28.3 Å². The van der Waals surface area contributed by atoms with E-state index in [1.165, 1.54) is 11.3 Å². The molecule has 8 heteroatoms. The number of benzene rings is 2. The van der Waals surface area contributed by atoms with Crippen molar-refractivity contribution in [2.24, 2.45) is 0 Å². The number of oxazole rings is 1. The van der Waals surface area contributed by atoms with Crippen LogP contribution in [0.15, 0.2) is 70.7 Å². The van der Waals surface area contributed by atoms with Gasteiger partial charge in [0.2, 0.25) is 5.91 Å². The Hall–Kier alpha value is -3.91. The second kappa shape index (κ2) is 8.68. The molecule has 5 aromatic rings. The molecule has 0 fully saturated rings. The molecule has 0 saturated heterocycles. The zero-order valence-electron chi connectivity index (χ0n) is 17.3. The number of rotatable bonds is 7. The quantitative estimate of drug-likeness (QED) is 0.344. The highest BCUT2D eigenvalue weighted by molar-refractivity contribution is 7.14. The maximum absolute atomic E-state index is 12.4. The van der Waals surface area contributed by atoms with Crippen molar-refractivity contribution in [1.29, 1.82) is 0 Å². The largest absolute Gasteiger partial charge is 0.497 e. The molecule has 0 aliphatic carbocycles. The minimum absolute atomic E-state index is 0.131. The van der Waals surface area contributed by atoms with Crippen LogP contribution < -0.4 is 10.1 Å². The van der Waals surface area contributed by atoms with E-state index in [0.717, 1.165) is 33.5 Å². The molecule has 160 valence electrons. The molecule has 2 N–H and O–H groups in total. The Balaban J connectivity index is 1.19. The van der Waals surface area contributed by atoms with Crippen molar-refractivity contribution in [3.63, 3.8) is 0 Å². The number of anilines is 1. The van der Waals surface area contributed by atoms with E-state index >= 15 is 0 Å². The summed E-state index contributed by atoms with van der Waals surface area (Å²) in [5, 5.41) is 6.49. The van der Waals surface area contributed by atoms with Crippen LogP contribution in [0.3, 0.4) is 0 Å². The number of carbonyl (C=O) groups is 1. The molecule has 0 radical (unpaired) electrons. The first kappa shape index (κ1) is 20.0. The third-order valence-corrected chi connectivity index (χ3v) is 5.87. The molecule has 0 bridgehead atoms. The molecule has 0 aliphatic heterocycles. The summed E-state index contributed by atoms with van der Waals surface area (Å²) in [6, 6.07) is 15.6. The Morgan fingerprint density at radius 3 is 2.88 bits per heavy atom. The lowest BCUT2D eigenvalue weighted by molar-refractivity contribution is -0.116. The number of fused-ring (bicyclic) bond motifs is 1. The number of ether oxygens (including phenoxy) is 1. The summed E-state index contributed by atoms with van der Waals surface area (Å²) >= 11 is 1.40. The molecule has 1 amide bonds. The summed E-state index contributed by atoms with van der Waals surface area (Å²) in [4.78, 5) is 24.5. The third kappa shape index (κ3) is 4.13. The van der Waals surface area contributed by atoms with E-state index in [-0.39, 0.29) is 12.3 Å². The molecule has 3 heterocycles. The summed E-state index contributed by atoms with van der Waals surface area (Å²) in [6.07, 6.45) is 4.27. The summed E-state index contributed by atoms with van der Waals surface area (Å²) in [5.41, 5.74) is 3.81. The first-order valence-corrected chi connectivity index (χ1v) is 11.0. The van der Waals surface area contributed by atoms with Crippen LogP contribution >= 0.6 is 11.3 Å². The topological polar surface area (TPSA) is 93.0 Å². The number of methoxy groups -OCH3 is 1. The van der Waals surface area contributed by atoms with Gasteiger partial charge >= 0.3 is 0 Å². The molecule has 0 saturated carbocycles. The number of aromatic nitrogens is 3. The molecule has 0 unspecified atom stereocenters. The van der Waals surface area contributed by atoms with E-state index < -0.39 is 0 Å². The van der Waals surface area contributed by atoms with E-state index in [4.69, 9.17) is 9.15 Å². The van der Waals surface area contributed by atoms with E-state index in [9.17, 15) is 4.79 Å². The normalized spacial score (nSPS) is 11.0. The lowest BCUT2D eigenvalue weighted by Gasteiger charge is -2.01. The van der Waals surface area contributed by atoms with Crippen LogP contribution in [-0.2, 0) is 11.2 Å². The fourth-order valence-electron chi connectivity index (χ4n) is 3.46. The predicted octanol–water partition coefficient (Wildman–Crippen LogP) is 5.53. The Morgan fingerprint density at radius 2 is 2.03 bits per heavy atom. The smallest absolute Gasteiger partial charge is 0.226 e. The molecule has 32 heavy (non-hydrogen) atoms. The van der Waals surface area contributed by atoms with Crippen LogP contribution in [0.1, 0.15) is 12.3 Å². The Labute approximate surface area is 188 Å². The van der Waals surface area contributed by atoms with Crippen molar-refractivity contribution >= 4 is 33.3 Å². The zero-order valence-corrected chi connectivity index (χ0v) is 18.1. The number of para-hydroxylation sites is 1. The summed E-state index contributed by atoms with van der Waals surface area (Å²) in [6.45, 7) is 0. The van der Waals surface area contributed by atoms with Gasteiger partial charge in [0.25, 0.3) is 0 Å². The second-order valence-electron chi connectivity index (χ2n) is 7.18. The number of nitrogens with one attached hydrogen (secondary N) is 2. The minimum atomic E-state index is -0.131. The number of hydrogen-bond acceptors (Lipinski definition) is 6. The van der Waals surface area contributed by atoms with Gasteiger partial charge in [0, 0.05) is 46.4 Å². The fraction of sp³-hybridized carbons (Fsp3) is 0.125. The average molecular weight is 445 g/mol. The lowest BCUT2D eigenvalue weighted by Crippen LogP contribution is -2.12. The highest BCUT2D eigenvalue weighted by Crippen LogP contribution is 2.31. The second-order valence-corrected chi connectivity index (χ2v) is 8.04. The highest BCUT2D eigenvalue weighted by Gasteiger charge is 2.13. The molecule has 5 rings (SSSR count). The zero-order chi connectivity index (χ0) is 21.9. The molecule has 3 aromatic heterocycles. The van der Waals surface area contributed by atoms with Crippen molar-refractivity contribution < 1.29 is 13.9 Å². The fourth-order valence-corrected chi connectivity index (χ4v) is 4.18. The van der Waals surface area contributed by atoms with Gasteiger partial charge in [-0.1, -0.05) is 18.2 Å². The van der Waals surface area contributed by atoms with Gasteiger partial charge < -0.3 is 19.5 Å². The molecular formula is C24H20N4O3S. The van der Waals surface area contributed by atoms with Crippen LogP contribution in [0.2, 0.25) is 0 Å². The van der Waals surface area contributed by atoms with Crippen LogP contribution in [0, 0.1) is 0 Å². The number of hydrogen-bond donors (Lipinski definition) is 2. The molecule has 7 nitrogen and oxygen atoms in total. The van der Waals surface area contributed by atoms with E-state index in [2.05, 4.69) is 26.3 Å². The molecule has 0 atom stereocenters. The van der Waals surface area contributed by atoms with Gasteiger partial charge in [0.05, 0.1) is 19.0 Å². The SMILES string of the molecule is COc1ccc(-c2cnc(CCC(=O)Nc3nc(-c4c[nH]c5ccccc45)cs3)o2)cc1. The van der Waals surface area contributed by atoms with Crippen LogP contribution in [-0.4, -0.2) is 28.0 Å². The average Bonchev–Trinajstić information content (AvgIpc) is 3.57. The number of carbonyl (C=O) groups excluding carboxylic acids is 1. The van der Waals surface area contributed by atoms with Gasteiger partial charge in [-0.25, -0.2) is 9.97 Å². The third-order valence-electron chi connectivity index (χ3n) is 5.11. The van der Waals surface area contributed by atoms with Crippen LogP contribution in [0.25, 0.3) is 33.5 Å². The van der Waals surface area contributed by atoms with Gasteiger partial charge in [-0.05, 0) is 30.3 Å². The van der Waals surface area contributed by atoms with Crippen molar-refractivity contribution in [2.75, 3.05) is 12.4 Å². The van der Waals surface area contributed by atoms with Crippen molar-refractivity contribution in [1.82, 2.24) is 15.0 Å². The number of amides is 1. The van der Waals surface area contributed by atoms with E-state index in [0.29, 0.717) is 23.2 Å². The number of aromatic amines is 1. The molecule has 0 spiro atoms. The van der Waals surface area contributed by atoms with Gasteiger partial charge in [-0.3, -0.25) is 4.79 Å². The molecule has 2 aromatic carbocycles. The van der Waals surface area contributed by atoms with Crippen LogP contribution in [0.4, 0.5) is 5.13 Å². The number of aryl methyl sites for hydroxylation is 1. The summed E-state index contributed by atoms with van der Waals surface area (Å²) in [5.74, 6) is 1.82. The molecular weight excluding hydrogens is 424 g/mol. The lowest BCUT2D eigenvalue weighted by atomic mass is 10.1. The van der Waals surface area contributed by atoms with Gasteiger partial charge in [0.15, 0.2) is 16.8 Å². The number of H-pyrrole nitrogens is 1. The number of nitrogens with zero attached hydrogens (tertiary/aromatic N) is 2. The van der Waals surface area contributed by atoms with Crippen molar-refractivity contribution in [3.05, 3.63) is 72.2 Å². The van der Waals surface area contributed by atoms with Crippen LogP contribution in [0.5, 0.6) is 5.75 Å². The van der Waals surface area contributed by atoms with Crippen molar-refractivity contribution in [2.45, 2.75) is 12.8 Å². The Morgan fingerprint density at radius 1 is 1.19 bits per heavy atom. The first-order chi connectivity index (χ1) is 15.7. The maximum atomic E-state index is 12.4. The Bertz CT molecular complexity index is 1370. The Kier molecular flexibility index (Phi) is 5.43. The van der Waals surface area contributed by atoms with Gasteiger partial charge in [-0.15, -0.1) is 11.3 Å². The van der Waals surface area contributed by atoms with Gasteiger partial charge in [0.1, 0.15) is 5.75 Å². The highest BCUT2D eigenvalue weighted by atomic mass is 32.1.